The van der Waals surface area contributed by atoms with E-state index in [1.807, 2.05) is 25.1 Å². The molecule has 1 aromatic carbocycles. The second kappa shape index (κ2) is 8.36. The summed E-state index contributed by atoms with van der Waals surface area (Å²) in [7, 11) is 3.20. The fraction of sp³-hybridized carbons (Fsp3) is 0.571. The molecule has 24 heavy (non-hydrogen) atoms. The number of unbranched alkanes of at least 4 members (excludes halogenated alkanes) is 1. The van der Waals surface area contributed by atoms with E-state index in [0.29, 0.717) is 17.9 Å². The van der Waals surface area contributed by atoms with Crippen LogP contribution in [-0.4, -0.2) is 20.0 Å². The molecule has 1 aliphatic carbocycles. The highest BCUT2D eigenvalue weighted by Crippen LogP contribution is 2.45. The molecule has 3 nitrogen and oxygen atoms in total. The summed E-state index contributed by atoms with van der Waals surface area (Å²) >= 11 is 0. The van der Waals surface area contributed by atoms with Gasteiger partial charge in [-0.15, -0.1) is 0 Å². The van der Waals surface area contributed by atoms with Gasteiger partial charge in [0.05, 0.1) is 14.2 Å². The lowest BCUT2D eigenvalue weighted by molar-refractivity contribution is -0.121. The second-order valence-electron chi connectivity index (χ2n) is 6.57. The third-order valence-corrected chi connectivity index (χ3v) is 4.84. The number of rotatable bonds is 7. The number of aryl methyl sites for hydroxylation is 1. The van der Waals surface area contributed by atoms with E-state index in [2.05, 4.69) is 6.92 Å². The molecule has 1 aromatic rings. The van der Waals surface area contributed by atoms with Gasteiger partial charge in [0.2, 0.25) is 0 Å². The van der Waals surface area contributed by atoms with Crippen molar-refractivity contribution >= 4 is 5.78 Å². The molecular weight excluding hydrogens is 300 g/mol. The summed E-state index contributed by atoms with van der Waals surface area (Å²) in [5.74, 6) is -0.350. The average molecular weight is 333 g/mol. The van der Waals surface area contributed by atoms with Gasteiger partial charge in [-0.25, -0.2) is 0 Å². The minimum atomic E-state index is -2.61. The number of methoxy groups -OCH3 is 2. The van der Waals surface area contributed by atoms with E-state index >= 15 is 0 Å². The van der Waals surface area contributed by atoms with E-state index in [9.17, 15) is 4.79 Å². The number of ketones is 1. The van der Waals surface area contributed by atoms with Gasteiger partial charge < -0.3 is 9.47 Å². The first kappa shape index (κ1) is 14.6. The molecule has 0 saturated heterocycles. The molecule has 2 atom stereocenters. The summed E-state index contributed by atoms with van der Waals surface area (Å²) in [5, 5.41) is 0. The van der Waals surface area contributed by atoms with Crippen LogP contribution in [0.1, 0.15) is 67.5 Å². The van der Waals surface area contributed by atoms with Crippen molar-refractivity contribution in [2.75, 3.05) is 14.2 Å². The van der Waals surface area contributed by atoms with Crippen LogP contribution in [-0.2, 0) is 11.2 Å². The van der Waals surface area contributed by atoms with E-state index in [0.717, 1.165) is 42.4 Å². The normalized spacial score (nSPS) is 22.8. The van der Waals surface area contributed by atoms with Crippen molar-refractivity contribution in [3.8, 4) is 11.5 Å². The summed E-state index contributed by atoms with van der Waals surface area (Å²) in [4.78, 5) is 12.6. The number of carbonyl (C=O) groups excluding carboxylic acids is 1. The Hall–Kier alpha value is -1.77. The number of benzene rings is 1. The molecule has 0 spiro atoms. The molecule has 0 amide bonds. The molecule has 2 rings (SSSR count). The van der Waals surface area contributed by atoms with E-state index in [1.54, 1.807) is 14.2 Å². The molecule has 0 saturated carbocycles. The van der Waals surface area contributed by atoms with Crippen molar-refractivity contribution in [3.63, 3.8) is 0 Å². The summed E-state index contributed by atoms with van der Waals surface area (Å²) in [6.07, 6.45) is 6.32. The largest absolute Gasteiger partial charge is 0.496 e. The fourth-order valence-corrected chi connectivity index (χ4v) is 3.49. The Balaban J connectivity index is 2.57. The van der Waals surface area contributed by atoms with Crippen LogP contribution in [0.15, 0.2) is 23.8 Å². The number of Topliss-reactive ketones (excluding diaryl/α,β-unsaturated/α-hetero) is 1. The summed E-state index contributed by atoms with van der Waals surface area (Å²) < 4.78 is 34.1. The van der Waals surface area contributed by atoms with E-state index < -0.39 is 18.6 Å². The van der Waals surface area contributed by atoms with Crippen LogP contribution in [0.5, 0.6) is 11.5 Å². The summed E-state index contributed by atoms with van der Waals surface area (Å²) in [6.45, 7) is 1.55. The number of ether oxygens (including phenoxy) is 2. The quantitative estimate of drug-likeness (QED) is 0.653. The Morgan fingerprint density at radius 1 is 1.29 bits per heavy atom. The minimum Gasteiger partial charge on any atom is -0.496 e. The van der Waals surface area contributed by atoms with Crippen LogP contribution in [0, 0.1) is 5.92 Å². The third kappa shape index (κ3) is 4.00. The number of allylic oxidation sites excluding steroid dienone is 2. The van der Waals surface area contributed by atoms with E-state index in [4.69, 9.17) is 13.6 Å². The smallest absolute Gasteiger partial charge is 0.133 e. The van der Waals surface area contributed by atoms with Crippen molar-refractivity contribution in [2.45, 2.75) is 58.7 Å². The molecular formula is C21H30O3. The molecule has 0 radical (unpaired) electrons. The molecule has 0 aliphatic heterocycles. The van der Waals surface area contributed by atoms with Crippen molar-refractivity contribution in [1.82, 2.24) is 0 Å². The maximum absolute atomic E-state index is 12.6. The first-order chi connectivity index (χ1) is 12.7. The standard InChI is InChI=1S/C21H30O3/c1-6-7-8-16-12-19(23-4)21(20(13-16)24-5)18-11-14(2)9-10-17(18)15(3)22/h11-13,17-18H,6-10H2,1-5H3/t17-,18+/m0/s1/i3D3. The highest BCUT2D eigenvalue weighted by atomic mass is 16.5. The highest BCUT2D eigenvalue weighted by Gasteiger charge is 2.33. The van der Waals surface area contributed by atoms with Crippen molar-refractivity contribution < 1.29 is 18.4 Å². The zero-order valence-electron chi connectivity index (χ0n) is 18.1. The maximum Gasteiger partial charge on any atom is 0.133 e. The summed E-state index contributed by atoms with van der Waals surface area (Å²) in [6, 6.07) is 3.98. The molecule has 0 unspecified atom stereocenters. The SMILES string of the molecule is [2H]C([2H])([2H])C(=O)[C@@H]1CCC(C)=C[C@H]1c1c(OC)cc(CCCC)cc1OC. The highest BCUT2D eigenvalue weighted by molar-refractivity contribution is 5.80. The predicted octanol–water partition coefficient (Wildman–Crippen LogP) is 5.08. The van der Waals surface area contributed by atoms with Gasteiger partial charge in [0.15, 0.2) is 0 Å². The third-order valence-electron chi connectivity index (χ3n) is 4.84. The van der Waals surface area contributed by atoms with Crippen LogP contribution in [0.3, 0.4) is 0 Å². The second-order valence-corrected chi connectivity index (χ2v) is 6.57. The van der Waals surface area contributed by atoms with Gasteiger partial charge in [-0.2, -0.15) is 0 Å². The zero-order chi connectivity index (χ0) is 20.2. The number of hydrogen-bond acceptors (Lipinski definition) is 3. The van der Waals surface area contributed by atoms with Gasteiger partial charge >= 0.3 is 0 Å². The van der Waals surface area contributed by atoms with Gasteiger partial charge in [0, 0.05) is 21.5 Å². The van der Waals surface area contributed by atoms with Gasteiger partial charge in [-0.1, -0.05) is 25.0 Å². The Morgan fingerprint density at radius 3 is 2.50 bits per heavy atom. The molecule has 0 fully saturated rings. The van der Waals surface area contributed by atoms with Crippen LogP contribution in [0.4, 0.5) is 0 Å². The predicted molar refractivity (Wildman–Crippen MR) is 98.1 cm³/mol. The summed E-state index contributed by atoms with van der Waals surface area (Å²) in [5.41, 5.74) is 3.03. The molecule has 0 N–H and O–H groups in total. The Kier molecular flexibility index (Phi) is 5.08. The van der Waals surface area contributed by atoms with Crippen LogP contribution in [0.2, 0.25) is 0 Å². The first-order valence-electron chi connectivity index (χ1n) is 10.2. The molecule has 132 valence electrons. The van der Waals surface area contributed by atoms with Gasteiger partial charge in [-0.05, 0) is 57.2 Å². The van der Waals surface area contributed by atoms with Crippen LogP contribution < -0.4 is 9.47 Å². The molecule has 0 heterocycles. The number of carbonyl (C=O) groups is 1. The topological polar surface area (TPSA) is 35.5 Å². The Bertz CT molecular complexity index is 682. The van der Waals surface area contributed by atoms with E-state index in [1.165, 1.54) is 0 Å². The Morgan fingerprint density at radius 2 is 1.96 bits per heavy atom. The van der Waals surface area contributed by atoms with Gasteiger partial charge in [0.1, 0.15) is 17.3 Å². The minimum absolute atomic E-state index is 0.364. The molecule has 0 bridgehead atoms. The van der Waals surface area contributed by atoms with Crippen molar-refractivity contribution in [2.24, 2.45) is 5.92 Å². The lowest BCUT2D eigenvalue weighted by atomic mass is 9.74. The molecule has 0 aromatic heterocycles. The van der Waals surface area contributed by atoms with Crippen molar-refractivity contribution in [1.29, 1.82) is 0 Å². The zero-order valence-corrected chi connectivity index (χ0v) is 15.1. The number of hydrogen-bond donors (Lipinski definition) is 0. The molecule has 3 heteroatoms. The van der Waals surface area contributed by atoms with Gasteiger partial charge in [0.25, 0.3) is 0 Å². The molecule has 1 aliphatic rings. The van der Waals surface area contributed by atoms with Gasteiger partial charge in [-0.3, -0.25) is 4.79 Å². The Labute approximate surface area is 150 Å². The maximum atomic E-state index is 12.6. The first-order valence-corrected chi connectivity index (χ1v) is 8.69. The fourth-order valence-electron chi connectivity index (χ4n) is 3.49. The van der Waals surface area contributed by atoms with Crippen LogP contribution >= 0.6 is 0 Å². The monoisotopic (exact) mass is 333 g/mol. The lowest BCUT2D eigenvalue weighted by Crippen LogP contribution is -2.23. The van der Waals surface area contributed by atoms with Crippen LogP contribution in [0.25, 0.3) is 0 Å². The van der Waals surface area contributed by atoms with E-state index in [-0.39, 0.29) is 5.92 Å². The average Bonchev–Trinajstić information content (AvgIpc) is 2.64. The van der Waals surface area contributed by atoms with Crippen molar-refractivity contribution in [3.05, 3.63) is 34.9 Å². The lowest BCUT2D eigenvalue weighted by Gasteiger charge is -2.30.